The van der Waals surface area contributed by atoms with Gasteiger partial charge in [0.1, 0.15) is 17.5 Å². The topological polar surface area (TPSA) is 74.8 Å². The van der Waals surface area contributed by atoms with Crippen LogP contribution < -0.4 is 4.72 Å². The number of sulfonamides is 1. The normalized spacial score (nSPS) is 11.7. The number of rotatable bonds is 4. The standard InChI is InChI=1S/C10H8F3N3O2S/c11-6-1-8(12)10(9(13)2-6)19(17,18)16-4-7-3-14-5-15-7/h1-3,5,16H,4H2,(H,14,15). The van der Waals surface area contributed by atoms with Crippen molar-refractivity contribution in [1.82, 2.24) is 14.7 Å². The fraction of sp³-hybridized carbons (Fsp3) is 0.100. The van der Waals surface area contributed by atoms with Gasteiger partial charge in [0.2, 0.25) is 10.0 Å². The second-order valence-electron chi connectivity index (χ2n) is 3.60. The quantitative estimate of drug-likeness (QED) is 0.891. The summed E-state index contributed by atoms with van der Waals surface area (Å²) in [5.41, 5.74) is 0.409. The molecule has 9 heteroatoms. The van der Waals surface area contributed by atoms with E-state index in [1.165, 1.54) is 12.5 Å². The highest BCUT2D eigenvalue weighted by Crippen LogP contribution is 2.20. The van der Waals surface area contributed by atoms with Crippen LogP contribution >= 0.6 is 0 Å². The van der Waals surface area contributed by atoms with E-state index in [0.717, 1.165) is 0 Å². The molecule has 0 amide bonds. The van der Waals surface area contributed by atoms with Gasteiger partial charge in [0.15, 0.2) is 4.90 Å². The minimum atomic E-state index is -4.43. The van der Waals surface area contributed by atoms with Crippen LogP contribution in [-0.4, -0.2) is 18.4 Å². The van der Waals surface area contributed by atoms with Crippen molar-refractivity contribution in [1.29, 1.82) is 0 Å². The molecule has 1 aromatic carbocycles. The third-order valence-corrected chi connectivity index (χ3v) is 3.69. The number of nitrogens with one attached hydrogen (secondary N) is 2. The van der Waals surface area contributed by atoms with Gasteiger partial charge < -0.3 is 4.98 Å². The van der Waals surface area contributed by atoms with Crippen LogP contribution in [0.25, 0.3) is 0 Å². The number of H-pyrrole nitrogens is 1. The van der Waals surface area contributed by atoms with E-state index in [1.54, 1.807) is 0 Å². The number of benzene rings is 1. The SMILES string of the molecule is O=S(=O)(NCc1cnc[nH]1)c1c(F)cc(F)cc1F. The molecule has 0 spiro atoms. The Kier molecular flexibility index (Phi) is 3.58. The van der Waals surface area contributed by atoms with Crippen molar-refractivity contribution in [2.24, 2.45) is 0 Å². The van der Waals surface area contributed by atoms with Gasteiger partial charge in [0.25, 0.3) is 0 Å². The second-order valence-corrected chi connectivity index (χ2v) is 5.30. The lowest BCUT2D eigenvalue weighted by molar-refractivity contribution is 0.493. The van der Waals surface area contributed by atoms with Gasteiger partial charge in [-0.3, -0.25) is 0 Å². The first-order valence-electron chi connectivity index (χ1n) is 5.01. The maximum Gasteiger partial charge on any atom is 0.246 e. The molecule has 5 nitrogen and oxygen atoms in total. The molecule has 102 valence electrons. The Bertz CT molecular complexity index is 663. The van der Waals surface area contributed by atoms with Crippen molar-refractivity contribution < 1.29 is 21.6 Å². The Balaban J connectivity index is 2.29. The van der Waals surface area contributed by atoms with Gasteiger partial charge in [-0.15, -0.1) is 0 Å². The van der Waals surface area contributed by atoms with Gasteiger partial charge >= 0.3 is 0 Å². The number of hydrogen-bond donors (Lipinski definition) is 2. The summed E-state index contributed by atoms with van der Waals surface area (Å²) >= 11 is 0. The summed E-state index contributed by atoms with van der Waals surface area (Å²) in [5, 5.41) is 0. The predicted molar refractivity (Wildman–Crippen MR) is 58.9 cm³/mol. The molecule has 0 aliphatic carbocycles. The van der Waals surface area contributed by atoms with E-state index in [0.29, 0.717) is 17.8 Å². The summed E-state index contributed by atoms with van der Waals surface area (Å²) in [4.78, 5) is 5.05. The van der Waals surface area contributed by atoms with Crippen LogP contribution in [-0.2, 0) is 16.6 Å². The third kappa shape index (κ3) is 2.93. The number of halogens is 3. The van der Waals surface area contributed by atoms with E-state index in [1.807, 2.05) is 4.72 Å². The molecule has 0 aliphatic rings. The molecule has 0 unspecified atom stereocenters. The van der Waals surface area contributed by atoms with Crippen LogP contribution in [0.1, 0.15) is 5.69 Å². The average molecular weight is 291 g/mol. The first-order valence-corrected chi connectivity index (χ1v) is 6.50. The lowest BCUT2D eigenvalue weighted by Gasteiger charge is -2.07. The van der Waals surface area contributed by atoms with Gasteiger partial charge in [-0.1, -0.05) is 0 Å². The van der Waals surface area contributed by atoms with Crippen LogP contribution in [0.5, 0.6) is 0 Å². The summed E-state index contributed by atoms with van der Waals surface area (Å²) in [6.07, 6.45) is 2.67. The highest BCUT2D eigenvalue weighted by atomic mass is 32.2. The summed E-state index contributed by atoms with van der Waals surface area (Å²) in [6, 6.07) is 0.599. The number of aromatic nitrogens is 2. The second kappa shape index (κ2) is 5.02. The zero-order chi connectivity index (χ0) is 14.0. The highest BCUT2D eigenvalue weighted by Gasteiger charge is 2.24. The Morgan fingerprint density at radius 1 is 1.21 bits per heavy atom. The molecule has 0 atom stereocenters. The van der Waals surface area contributed by atoms with E-state index >= 15 is 0 Å². The Hall–Kier alpha value is -1.87. The Morgan fingerprint density at radius 2 is 1.84 bits per heavy atom. The van der Waals surface area contributed by atoms with Crippen molar-refractivity contribution >= 4 is 10.0 Å². The van der Waals surface area contributed by atoms with E-state index in [9.17, 15) is 21.6 Å². The molecule has 0 bridgehead atoms. The van der Waals surface area contributed by atoms with Gasteiger partial charge in [-0.25, -0.2) is 31.3 Å². The van der Waals surface area contributed by atoms with E-state index < -0.39 is 32.4 Å². The molecule has 2 N–H and O–H groups in total. The molecule has 1 aromatic heterocycles. The van der Waals surface area contributed by atoms with E-state index in [2.05, 4.69) is 9.97 Å². The Labute approximate surface area is 106 Å². The van der Waals surface area contributed by atoms with Crippen molar-refractivity contribution in [3.05, 3.63) is 47.8 Å². The number of aromatic amines is 1. The molecule has 0 saturated carbocycles. The molecule has 0 radical (unpaired) electrons. The zero-order valence-electron chi connectivity index (χ0n) is 9.32. The number of hydrogen-bond acceptors (Lipinski definition) is 3. The molecule has 0 aliphatic heterocycles. The van der Waals surface area contributed by atoms with Gasteiger partial charge in [0, 0.05) is 24.0 Å². The third-order valence-electron chi connectivity index (χ3n) is 2.24. The molecular weight excluding hydrogens is 283 g/mol. The maximum atomic E-state index is 13.4. The number of nitrogens with zero attached hydrogens (tertiary/aromatic N) is 1. The summed E-state index contributed by atoms with van der Waals surface area (Å²) < 4.78 is 64.8. The van der Waals surface area contributed by atoms with Crippen molar-refractivity contribution in [2.45, 2.75) is 11.4 Å². The first-order chi connectivity index (χ1) is 8.90. The van der Waals surface area contributed by atoms with Gasteiger partial charge in [-0.05, 0) is 0 Å². The molecule has 19 heavy (non-hydrogen) atoms. The lowest BCUT2D eigenvalue weighted by Crippen LogP contribution is -2.25. The van der Waals surface area contributed by atoms with Gasteiger partial charge in [-0.2, -0.15) is 0 Å². The molecule has 2 aromatic rings. The van der Waals surface area contributed by atoms with Gasteiger partial charge in [0.05, 0.1) is 12.9 Å². The minimum Gasteiger partial charge on any atom is -0.347 e. The summed E-state index contributed by atoms with van der Waals surface area (Å²) in [5.74, 6) is -4.17. The largest absolute Gasteiger partial charge is 0.347 e. The zero-order valence-corrected chi connectivity index (χ0v) is 10.1. The smallest absolute Gasteiger partial charge is 0.246 e. The fourth-order valence-electron chi connectivity index (χ4n) is 1.41. The Morgan fingerprint density at radius 3 is 2.37 bits per heavy atom. The summed E-state index contributed by atoms with van der Waals surface area (Å²) in [6.45, 7) is -0.224. The minimum absolute atomic E-state index is 0.224. The van der Waals surface area contributed by atoms with Crippen LogP contribution in [0.2, 0.25) is 0 Å². The predicted octanol–water partition coefficient (Wildman–Crippen LogP) is 1.31. The van der Waals surface area contributed by atoms with Crippen LogP contribution in [0, 0.1) is 17.5 Å². The fourth-order valence-corrected chi connectivity index (χ4v) is 2.53. The maximum absolute atomic E-state index is 13.4. The molecular formula is C10H8F3N3O2S. The molecule has 0 saturated heterocycles. The lowest BCUT2D eigenvalue weighted by atomic mass is 10.3. The first kappa shape index (κ1) is 13.6. The van der Waals surface area contributed by atoms with E-state index in [4.69, 9.17) is 0 Å². The van der Waals surface area contributed by atoms with Crippen LogP contribution in [0.4, 0.5) is 13.2 Å². The molecule has 1 heterocycles. The summed E-state index contributed by atoms with van der Waals surface area (Å²) in [7, 11) is -4.43. The van der Waals surface area contributed by atoms with Crippen LogP contribution in [0.3, 0.4) is 0 Å². The van der Waals surface area contributed by atoms with Crippen molar-refractivity contribution in [3.8, 4) is 0 Å². The van der Waals surface area contributed by atoms with E-state index in [-0.39, 0.29) is 6.54 Å². The molecule has 2 rings (SSSR count). The van der Waals surface area contributed by atoms with Crippen LogP contribution in [0.15, 0.2) is 29.6 Å². The monoisotopic (exact) mass is 291 g/mol. The molecule has 0 fully saturated rings. The number of imidazole rings is 1. The highest BCUT2D eigenvalue weighted by molar-refractivity contribution is 7.89. The van der Waals surface area contributed by atoms with Crippen molar-refractivity contribution in [2.75, 3.05) is 0 Å². The average Bonchev–Trinajstić information content (AvgIpc) is 2.77. The van der Waals surface area contributed by atoms with Crippen molar-refractivity contribution in [3.63, 3.8) is 0 Å².